The van der Waals surface area contributed by atoms with Crippen molar-refractivity contribution in [2.75, 3.05) is 26.6 Å². The van der Waals surface area contributed by atoms with E-state index in [0.717, 1.165) is 5.56 Å². The summed E-state index contributed by atoms with van der Waals surface area (Å²) in [7, 11) is 2.87. The maximum atomic E-state index is 12.0. The zero-order valence-electron chi connectivity index (χ0n) is 17.1. The Balaban J connectivity index is 1.94. The molecule has 0 aliphatic carbocycles. The van der Waals surface area contributed by atoms with E-state index in [-0.39, 0.29) is 30.0 Å². The van der Waals surface area contributed by atoms with E-state index in [1.165, 1.54) is 20.3 Å². The molecular formula is C22H27NO6. The molecule has 0 unspecified atom stereocenters. The number of phenolic OH excluding ortho intramolecular Hbond substituents is 1. The number of benzene rings is 2. The number of esters is 1. The summed E-state index contributed by atoms with van der Waals surface area (Å²) < 4.78 is 21.1. The highest BCUT2D eigenvalue weighted by molar-refractivity contribution is 5.87. The second kappa shape index (κ2) is 10.3. The lowest BCUT2D eigenvalue weighted by molar-refractivity contribution is -0.137. The van der Waals surface area contributed by atoms with Crippen LogP contribution in [-0.2, 0) is 16.0 Å². The van der Waals surface area contributed by atoms with Crippen LogP contribution in [0.2, 0.25) is 0 Å². The lowest BCUT2D eigenvalue weighted by atomic mass is 10.1. The van der Waals surface area contributed by atoms with E-state index in [4.69, 9.17) is 24.7 Å². The predicted octanol–water partition coefficient (Wildman–Crippen LogP) is 3.58. The Bertz CT molecular complexity index is 851. The topological polar surface area (TPSA) is 100 Å². The van der Waals surface area contributed by atoms with Crippen molar-refractivity contribution >= 4 is 17.7 Å². The molecule has 7 heteroatoms. The maximum absolute atomic E-state index is 12.0. The average molecular weight is 401 g/mol. The highest BCUT2D eigenvalue weighted by Crippen LogP contribution is 2.37. The number of methoxy groups -OCH3 is 2. The number of carbonyl (C=O) groups is 1. The van der Waals surface area contributed by atoms with Crippen LogP contribution in [0.15, 0.2) is 36.4 Å². The van der Waals surface area contributed by atoms with E-state index in [9.17, 15) is 9.90 Å². The van der Waals surface area contributed by atoms with Crippen LogP contribution in [0.4, 0.5) is 5.69 Å². The first-order valence-electron chi connectivity index (χ1n) is 9.19. The van der Waals surface area contributed by atoms with Gasteiger partial charge in [-0.15, -0.1) is 0 Å². The number of hydrogen-bond donors (Lipinski definition) is 2. The van der Waals surface area contributed by atoms with Crippen LogP contribution in [0, 0.1) is 0 Å². The van der Waals surface area contributed by atoms with Crippen LogP contribution in [0.3, 0.4) is 0 Å². The highest BCUT2D eigenvalue weighted by Gasteiger charge is 2.10. The standard InChI is InChI=1S/C22H27NO6/c1-14(2)29-18-11-15(5-7-17(18)23)9-10-28-21(24)8-6-16-12-19(26-3)22(25)20(13-16)27-4/h5-8,11-14,25H,9-10,23H2,1-4H3/b8-6+. The monoisotopic (exact) mass is 401 g/mol. The Kier molecular flexibility index (Phi) is 7.77. The van der Waals surface area contributed by atoms with Gasteiger partial charge in [-0.3, -0.25) is 0 Å². The normalized spacial score (nSPS) is 10.9. The molecule has 0 fully saturated rings. The minimum Gasteiger partial charge on any atom is -0.502 e. The largest absolute Gasteiger partial charge is 0.502 e. The van der Waals surface area contributed by atoms with Crippen molar-refractivity contribution in [3.8, 4) is 23.0 Å². The SMILES string of the molecule is COc1cc(/C=C/C(=O)OCCc2ccc(N)c(OC(C)C)c2)cc(OC)c1O. The van der Waals surface area contributed by atoms with Crippen molar-refractivity contribution in [3.05, 3.63) is 47.5 Å². The summed E-state index contributed by atoms with van der Waals surface area (Å²) in [5.74, 6) is 0.545. The van der Waals surface area contributed by atoms with Crippen molar-refractivity contribution in [1.82, 2.24) is 0 Å². The summed E-state index contributed by atoms with van der Waals surface area (Å²) in [6, 6.07) is 8.69. The molecule has 2 aromatic rings. The molecule has 0 amide bonds. The third-order valence-corrected chi connectivity index (χ3v) is 3.99. The van der Waals surface area contributed by atoms with Crippen LogP contribution in [0.25, 0.3) is 6.08 Å². The molecule has 3 N–H and O–H groups in total. The smallest absolute Gasteiger partial charge is 0.330 e. The molecule has 0 aliphatic heterocycles. The van der Waals surface area contributed by atoms with Crippen LogP contribution >= 0.6 is 0 Å². The lowest BCUT2D eigenvalue weighted by Crippen LogP contribution is -2.09. The fourth-order valence-corrected chi connectivity index (χ4v) is 2.58. The molecule has 0 bridgehead atoms. The molecule has 0 aromatic heterocycles. The molecule has 0 spiro atoms. The zero-order chi connectivity index (χ0) is 21.4. The van der Waals surface area contributed by atoms with Crippen molar-refractivity contribution < 1.29 is 28.8 Å². The van der Waals surface area contributed by atoms with Crippen molar-refractivity contribution in [3.63, 3.8) is 0 Å². The summed E-state index contributed by atoms with van der Waals surface area (Å²) in [5.41, 5.74) is 8.06. The first-order chi connectivity index (χ1) is 13.8. The van der Waals surface area contributed by atoms with Gasteiger partial charge < -0.3 is 29.8 Å². The van der Waals surface area contributed by atoms with E-state index >= 15 is 0 Å². The van der Waals surface area contributed by atoms with E-state index in [2.05, 4.69) is 0 Å². The number of carbonyl (C=O) groups excluding carboxylic acids is 1. The molecule has 2 rings (SSSR count). The Morgan fingerprint density at radius 1 is 1.10 bits per heavy atom. The number of nitrogens with two attached hydrogens (primary N) is 1. The molecule has 0 saturated heterocycles. The van der Waals surface area contributed by atoms with Gasteiger partial charge in [-0.05, 0) is 55.3 Å². The average Bonchev–Trinajstić information content (AvgIpc) is 2.69. The van der Waals surface area contributed by atoms with Gasteiger partial charge in [-0.25, -0.2) is 4.79 Å². The van der Waals surface area contributed by atoms with Gasteiger partial charge in [0, 0.05) is 12.5 Å². The molecule has 0 saturated carbocycles. The van der Waals surface area contributed by atoms with Gasteiger partial charge in [0.2, 0.25) is 5.75 Å². The first kappa shape index (κ1) is 21.9. The summed E-state index contributed by atoms with van der Waals surface area (Å²) >= 11 is 0. The Morgan fingerprint density at radius 3 is 2.34 bits per heavy atom. The summed E-state index contributed by atoms with van der Waals surface area (Å²) in [4.78, 5) is 12.0. The molecule has 0 aliphatic rings. The van der Waals surface area contributed by atoms with E-state index in [1.54, 1.807) is 24.3 Å². The fraction of sp³-hybridized carbons (Fsp3) is 0.318. The number of ether oxygens (including phenoxy) is 4. The van der Waals surface area contributed by atoms with Crippen LogP contribution in [-0.4, -0.2) is 38.0 Å². The van der Waals surface area contributed by atoms with Gasteiger partial charge in [0.25, 0.3) is 0 Å². The number of hydrogen-bond acceptors (Lipinski definition) is 7. The number of phenols is 1. The van der Waals surface area contributed by atoms with Gasteiger partial charge in [0.05, 0.1) is 32.6 Å². The molecule has 0 radical (unpaired) electrons. The van der Waals surface area contributed by atoms with E-state index < -0.39 is 5.97 Å². The Hall–Kier alpha value is -3.35. The first-order valence-corrected chi connectivity index (χ1v) is 9.19. The Morgan fingerprint density at radius 2 is 1.76 bits per heavy atom. The predicted molar refractivity (Wildman–Crippen MR) is 112 cm³/mol. The van der Waals surface area contributed by atoms with Crippen LogP contribution in [0.5, 0.6) is 23.0 Å². The Labute approximate surface area is 170 Å². The van der Waals surface area contributed by atoms with E-state index in [1.807, 2.05) is 26.0 Å². The number of aromatic hydroxyl groups is 1. The minimum atomic E-state index is -0.481. The van der Waals surface area contributed by atoms with Gasteiger partial charge in [0.15, 0.2) is 11.5 Å². The number of rotatable bonds is 9. The van der Waals surface area contributed by atoms with Crippen molar-refractivity contribution in [1.29, 1.82) is 0 Å². The third kappa shape index (κ3) is 6.34. The van der Waals surface area contributed by atoms with Crippen LogP contribution in [0.1, 0.15) is 25.0 Å². The molecule has 156 valence electrons. The highest BCUT2D eigenvalue weighted by atomic mass is 16.5. The second-order valence-electron chi connectivity index (χ2n) is 6.56. The molecule has 0 heterocycles. The molecule has 29 heavy (non-hydrogen) atoms. The van der Waals surface area contributed by atoms with Gasteiger partial charge in [0.1, 0.15) is 5.75 Å². The number of anilines is 1. The summed E-state index contributed by atoms with van der Waals surface area (Å²) in [5, 5.41) is 9.92. The number of nitrogen functional groups attached to an aromatic ring is 1. The molecular weight excluding hydrogens is 374 g/mol. The quantitative estimate of drug-likeness (QED) is 0.376. The minimum absolute atomic E-state index is 0.0210. The maximum Gasteiger partial charge on any atom is 0.330 e. The van der Waals surface area contributed by atoms with Gasteiger partial charge in [-0.1, -0.05) is 6.07 Å². The molecule has 7 nitrogen and oxygen atoms in total. The van der Waals surface area contributed by atoms with E-state index in [0.29, 0.717) is 23.4 Å². The molecule has 0 atom stereocenters. The second-order valence-corrected chi connectivity index (χ2v) is 6.56. The van der Waals surface area contributed by atoms with Crippen molar-refractivity contribution in [2.45, 2.75) is 26.4 Å². The zero-order valence-corrected chi connectivity index (χ0v) is 17.1. The van der Waals surface area contributed by atoms with Gasteiger partial charge >= 0.3 is 5.97 Å². The third-order valence-electron chi connectivity index (χ3n) is 3.99. The van der Waals surface area contributed by atoms with Crippen LogP contribution < -0.4 is 19.9 Å². The lowest BCUT2D eigenvalue weighted by Gasteiger charge is -2.13. The fourth-order valence-electron chi connectivity index (χ4n) is 2.58. The van der Waals surface area contributed by atoms with Crippen molar-refractivity contribution in [2.24, 2.45) is 0 Å². The summed E-state index contributed by atoms with van der Waals surface area (Å²) in [6.07, 6.45) is 3.43. The van der Waals surface area contributed by atoms with Gasteiger partial charge in [-0.2, -0.15) is 0 Å². The molecule has 2 aromatic carbocycles. The summed E-state index contributed by atoms with van der Waals surface area (Å²) in [6.45, 7) is 4.08.